The summed E-state index contributed by atoms with van der Waals surface area (Å²) in [6, 6.07) is 19.6. The molecular weight excluding hydrogens is 452 g/mol. The summed E-state index contributed by atoms with van der Waals surface area (Å²) in [7, 11) is 0. The molecule has 1 fully saturated rings. The molecule has 1 saturated heterocycles. The molecule has 0 spiro atoms. The van der Waals surface area contributed by atoms with Crippen LogP contribution in [0.5, 0.6) is 0 Å². The Bertz CT molecular complexity index is 1150. The van der Waals surface area contributed by atoms with Gasteiger partial charge in [0.1, 0.15) is 0 Å². The second-order valence-corrected chi connectivity index (χ2v) is 8.68. The van der Waals surface area contributed by atoms with Crippen LogP contribution in [0.3, 0.4) is 0 Å². The first-order valence-electron chi connectivity index (χ1n) is 12.3. The number of rotatable bonds is 9. The van der Waals surface area contributed by atoms with Crippen LogP contribution in [0.2, 0.25) is 0 Å². The molecule has 186 valence electrons. The van der Waals surface area contributed by atoms with Crippen molar-refractivity contribution in [2.75, 3.05) is 37.7 Å². The van der Waals surface area contributed by atoms with Crippen molar-refractivity contribution in [1.82, 2.24) is 15.2 Å². The quantitative estimate of drug-likeness (QED) is 0.367. The van der Waals surface area contributed by atoms with Crippen LogP contribution in [0.1, 0.15) is 34.0 Å². The summed E-state index contributed by atoms with van der Waals surface area (Å²) in [4.78, 5) is 33.0. The van der Waals surface area contributed by atoms with Gasteiger partial charge in [0.05, 0.1) is 6.61 Å². The predicted octanol–water partition coefficient (Wildman–Crippen LogP) is 3.91. The van der Waals surface area contributed by atoms with E-state index in [9.17, 15) is 9.59 Å². The fraction of sp³-hybridized carbons (Fsp3) is 0.276. The highest BCUT2D eigenvalue weighted by molar-refractivity contribution is 5.94. The number of benzene rings is 2. The van der Waals surface area contributed by atoms with Crippen molar-refractivity contribution in [3.8, 4) is 0 Å². The van der Waals surface area contributed by atoms with E-state index in [1.54, 1.807) is 13.0 Å². The van der Waals surface area contributed by atoms with E-state index in [1.807, 2.05) is 60.9 Å². The van der Waals surface area contributed by atoms with Gasteiger partial charge in [0.2, 0.25) is 0 Å². The van der Waals surface area contributed by atoms with Crippen LogP contribution in [0, 0.1) is 0 Å². The molecule has 2 aromatic carbocycles. The third-order valence-electron chi connectivity index (χ3n) is 6.15. The zero-order chi connectivity index (χ0) is 25.2. The van der Waals surface area contributed by atoms with Gasteiger partial charge in [-0.15, -0.1) is 0 Å². The molecule has 1 N–H and O–H groups in total. The van der Waals surface area contributed by atoms with E-state index < -0.39 is 0 Å². The van der Waals surface area contributed by atoms with Gasteiger partial charge in [-0.3, -0.25) is 14.7 Å². The van der Waals surface area contributed by atoms with Crippen molar-refractivity contribution in [2.45, 2.75) is 20.0 Å². The minimum Gasteiger partial charge on any atom is -0.463 e. The maximum Gasteiger partial charge on any atom is 0.330 e. The average Bonchev–Trinajstić information content (AvgIpc) is 2.92. The molecule has 0 saturated carbocycles. The monoisotopic (exact) mass is 484 g/mol. The molecule has 0 atom stereocenters. The number of carbonyl (C=O) groups excluding carboxylic acids is 2. The van der Waals surface area contributed by atoms with Gasteiger partial charge >= 0.3 is 5.97 Å². The number of anilines is 1. The predicted molar refractivity (Wildman–Crippen MR) is 141 cm³/mol. The number of nitrogens with one attached hydrogen (secondary N) is 1. The zero-order valence-electron chi connectivity index (χ0n) is 20.6. The van der Waals surface area contributed by atoms with Gasteiger partial charge in [-0.25, -0.2) is 4.79 Å². The molecule has 1 amide bonds. The lowest BCUT2D eigenvalue weighted by Crippen LogP contribution is -2.45. The van der Waals surface area contributed by atoms with Crippen LogP contribution < -0.4 is 10.2 Å². The summed E-state index contributed by atoms with van der Waals surface area (Å²) in [6.45, 7) is 7.43. The number of carbonyl (C=O) groups is 2. The minimum atomic E-state index is -0.358. The molecular formula is C29H32N4O3. The minimum absolute atomic E-state index is 0.102. The number of esters is 1. The van der Waals surface area contributed by atoms with Gasteiger partial charge in [0.25, 0.3) is 5.91 Å². The lowest BCUT2D eigenvalue weighted by atomic mass is 10.1. The number of piperazine rings is 1. The Balaban J connectivity index is 1.23. The number of amides is 1. The van der Waals surface area contributed by atoms with Crippen molar-refractivity contribution >= 4 is 23.6 Å². The lowest BCUT2D eigenvalue weighted by molar-refractivity contribution is -0.137. The fourth-order valence-electron chi connectivity index (χ4n) is 4.12. The van der Waals surface area contributed by atoms with Crippen molar-refractivity contribution in [2.24, 2.45) is 0 Å². The van der Waals surface area contributed by atoms with Crippen LogP contribution in [0.15, 0.2) is 79.1 Å². The SMILES string of the molecule is CCOC(=O)/C=C/c1ccc(CNC(=O)c2ccc(N3CCN(Cc4ccncc4)CC3)cc2)cc1. The summed E-state index contributed by atoms with van der Waals surface area (Å²) >= 11 is 0. The topological polar surface area (TPSA) is 74.8 Å². The van der Waals surface area contributed by atoms with E-state index in [1.165, 1.54) is 11.6 Å². The molecule has 7 nitrogen and oxygen atoms in total. The van der Waals surface area contributed by atoms with E-state index in [2.05, 4.69) is 32.2 Å². The highest BCUT2D eigenvalue weighted by Crippen LogP contribution is 2.18. The van der Waals surface area contributed by atoms with Crippen LogP contribution in [0.25, 0.3) is 6.08 Å². The number of hydrogen-bond donors (Lipinski definition) is 1. The molecule has 0 aliphatic carbocycles. The Hall–Kier alpha value is -3.97. The normalized spacial score (nSPS) is 14.1. The van der Waals surface area contributed by atoms with Gasteiger partial charge in [-0.1, -0.05) is 24.3 Å². The number of nitrogens with zero attached hydrogens (tertiary/aromatic N) is 3. The molecule has 7 heteroatoms. The van der Waals surface area contributed by atoms with Crippen LogP contribution in [-0.2, 0) is 22.6 Å². The molecule has 4 rings (SSSR count). The van der Waals surface area contributed by atoms with Gasteiger partial charge in [0.15, 0.2) is 0 Å². The maximum atomic E-state index is 12.6. The molecule has 0 bridgehead atoms. The van der Waals surface area contributed by atoms with E-state index in [0.717, 1.165) is 49.5 Å². The third-order valence-corrected chi connectivity index (χ3v) is 6.15. The molecule has 2 heterocycles. The Morgan fingerprint density at radius 1 is 0.917 bits per heavy atom. The van der Waals surface area contributed by atoms with Crippen molar-refractivity contribution in [3.05, 3.63) is 101 Å². The van der Waals surface area contributed by atoms with Crippen LogP contribution in [0.4, 0.5) is 5.69 Å². The molecule has 0 unspecified atom stereocenters. The standard InChI is InChI=1S/C29H32N4O3/c1-2-36-28(34)12-7-23-3-5-24(6-4-23)21-31-29(35)26-8-10-27(11-9-26)33-19-17-32(18-20-33)22-25-13-15-30-16-14-25/h3-16H,2,17-22H2,1H3,(H,31,35)/b12-7+. The highest BCUT2D eigenvalue weighted by atomic mass is 16.5. The summed E-state index contributed by atoms with van der Waals surface area (Å²) in [5, 5.41) is 2.97. The van der Waals surface area contributed by atoms with Crippen molar-refractivity contribution < 1.29 is 14.3 Å². The molecule has 1 aromatic heterocycles. The number of ether oxygens (including phenoxy) is 1. The Kier molecular flexibility index (Phi) is 8.83. The first kappa shape index (κ1) is 25.1. The van der Waals surface area contributed by atoms with Crippen molar-refractivity contribution in [3.63, 3.8) is 0 Å². The second-order valence-electron chi connectivity index (χ2n) is 8.68. The summed E-state index contributed by atoms with van der Waals surface area (Å²) < 4.78 is 4.88. The Morgan fingerprint density at radius 3 is 2.28 bits per heavy atom. The van der Waals surface area contributed by atoms with E-state index in [0.29, 0.717) is 18.7 Å². The second kappa shape index (κ2) is 12.7. The van der Waals surface area contributed by atoms with Crippen LogP contribution >= 0.6 is 0 Å². The highest BCUT2D eigenvalue weighted by Gasteiger charge is 2.17. The number of hydrogen-bond acceptors (Lipinski definition) is 6. The average molecular weight is 485 g/mol. The van der Waals surface area contributed by atoms with Crippen molar-refractivity contribution in [1.29, 1.82) is 0 Å². The van der Waals surface area contributed by atoms with Gasteiger partial charge in [-0.2, -0.15) is 0 Å². The van der Waals surface area contributed by atoms with E-state index >= 15 is 0 Å². The number of aromatic nitrogens is 1. The Labute approximate surface area is 212 Å². The largest absolute Gasteiger partial charge is 0.463 e. The lowest BCUT2D eigenvalue weighted by Gasteiger charge is -2.36. The van der Waals surface area contributed by atoms with Crippen LogP contribution in [-0.4, -0.2) is 54.5 Å². The van der Waals surface area contributed by atoms with Gasteiger partial charge < -0.3 is 15.0 Å². The molecule has 0 radical (unpaired) electrons. The van der Waals surface area contributed by atoms with Gasteiger partial charge in [0, 0.05) is 69.0 Å². The zero-order valence-corrected chi connectivity index (χ0v) is 20.6. The third kappa shape index (κ3) is 7.26. The Morgan fingerprint density at radius 2 is 1.61 bits per heavy atom. The maximum absolute atomic E-state index is 12.6. The molecule has 3 aromatic rings. The first-order valence-corrected chi connectivity index (χ1v) is 12.3. The fourth-order valence-corrected chi connectivity index (χ4v) is 4.12. The molecule has 36 heavy (non-hydrogen) atoms. The summed E-state index contributed by atoms with van der Waals surface area (Å²) in [5.41, 5.74) is 4.95. The summed E-state index contributed by atoms with van der Waals surface area (Å²) in [6.07, 6.45) is 6.80. The summed E-state index contributed by atoms with van der Waals surface area (Å²) in [5.74, 6) is -0.460. The smallest absolute Gasteiger partial charge is 0.330 e. The van der Waals surface area contributed by atoms with E-state index in [-0.39, 0.29) is 11.9 Å². The van der Waals surface area contributed by atoms with Gasteiger partial charge in [-0.05, 0) is 66.1 Å². The van der Waals surface area contributed by atoms with E-state index in [4.69, 9.17) is 4.74 Å². The molecule has 1 aliphatic rings. The number of pyridine rings is 1. The molecule has 1 aliphatic heterocycles. The first-order chi connectivity index (χ1) is 17.6.